The maximum Gasteiger partial charge on any atom is 0.573 e. The summed E-state index contributed by atoms with van der Waals surface area (Å²) in [7, 11) is 0. The van der Waals surface area contributed by atoms with E-state index in [0.29, 0.717) is 11.3 Å². The molecule has 0 aromatic heterocycles. The minimum Gasteiger partial charge on any atom is -0.488 e. The van der Waals surface area contributed by atoms with Crippen molar-refractivity contribution in [1.82, 2.24) is 0 Å². The first kappa shape index (κ1) is 21.2. The van der Waals surface area contributed by atoms with Gasteiger partial charge in [-0.1, -0.05) is 48.5 Å². The minimum atomic E-state index is -4.74. The molecule has 0 heterocycles. The van der Waals surface area contributed by atoms with Crippen LogP contribution >= 0.6 is 0 Å². The van der Waals surface area contributed by atoms with Crippen LogP contribution in [-0.2, 0) is 6.61 Å². The van der Waals surface area contributed by atoms with Crippen LogP contribution < -0.4 is 9.47 Å². The standard InChI is InChI=1S/C25H17F3O4/c26-25(27,28)32-21-11-9-17(10-12-21)20-13-19-3-1-2-4-22(19)23(14-20)31-15-16-5-7-18(8-6-16)24(29)30/h1-14H,15H2,(H,29,30). The molecule has 4 aromatic rings. The number of fused-ring (bicyclic) bond motifs is 1. The molecule has 0 aliphatic heterocycles. The van der Waals surface area contributed by atoms with Gasteiger partial charge in [0.25, 0.3) is 0 Å². The van der Waals surface area contributed by atoms with E-state index in [1.807, 2.05) is 36.4 Å². The molecule has 162 valence electrons. The topological polar surface area (TPSA) is 55.8 Å². The molecule has 4 rings (SSSR count). The Hall–Kier alpha value is -4.00. The van der Waals surface area contributed by atoms with Gasteiger partial charge in [-0.05, 0) is 58.5 Å². The van der Waals surface area contributed by atoms with Crippen molar-refractivity contribution < 1.29 is 32.5 Å². The molecule has 0 atom stereocenters. The van der Waals surface area contributed by atoms with Crippen LogP contribution in [0.1, 0.15) is 15.9 Å². The van der Waals surface area contributed by atoms with Gasteiger partial charge < -0.3 is 14.6 Å². The number of rotatable bonds is 6. The van der Waals surface area contributed by atoms with Gasteiger partial charge in [0.2, 0.25) is 0 Å². The van der Waals surface area contributed by atoms with E-state index in [0.717, 1.165) is 21.9 Å². The third-order valence-electron chi connectivity index (χ3n) is 4.84. The molecule has 0 bridgehead atoms. The molecule has 1 N–H and O–H groups in total. The van der Waals surface area contributed by atoms with E-state index >= 15 is 0 Å². The fourth-order valence-corrected chi connectivity index (χ4v) is 3.32. The molecule has 4 nitrogen and oxygen atoms in total. The van der Waals surface area contributed by atoms with Crippen molar-refractivity contribution in [2.24, 2.45) is 0 Å². The third-order valence-corrected chi connectivity index (χ3v) is 4.84. The van der Waals surface area contributed by atoms with Crippen LogP contribution in [-0.4, -0.2) is 17.4 Å². The second-order valence-corrected chi connectivity index (χ2v) is 7.06. The predicted molar refractivity (Wildman–Crippen MR) is 114 cm³/mol. The highest BCUT2D eigenvalue weighted by Crippen LogP contribution is 2.34. The summed E-state index contributed by atoms with van der Waals surface area (Å²) in [6, 6.07) is 23.4. The molecule has 0 spiro atoms. The van der Waals surface area contributed by atoms with Gasteiger partial charge in [-0.3, -0.25) is 0 Å². The predicted octanol–water partition coefficient (Wildman–Crippen LogP) is 6.68. The first-order valence-corrected chi connectivity index (χ1v) is 9.62. The molecule has 0 amide bonds. The van der Waals surface area contributed by atoms with E-state index < -0.39 is 12.3 Å². The summed E-state index contributed by atoms with van der Waals surface area (Å²) in [5, 5.41) is 10.8. The fourth-order valence-electron chi connectivity index (χ4n) is 3.32. The zero-order valence-corrected chi connectivity index (χ0v) is 16.6. The molecule has 0 aliphatic carbocycles. The number of hydrogen-bond donors (Lipinski definition) is 1. The van der Waals surface area contributed by atoms with Gasteiger partial charge in [-0.25, -0.2) is 4.79 Å². The zero-order valence-electron chi connectivity index (χ0n) is 16.6. The molecule has 0 radical (unpaired) electrons. The Kier molecular flexibility index (Phi) is 5.73. The monoisotopic (exact) mass is 438 g/mol. The van der Waals surface area contributed by atoms with Crippen molar-refractivity contribution >= 4 is 16.7 Å². The lowest BCUT2D eigenvalue weighted by Gasteiger charge is -2.13. The van der Waals surface area contributed by atoms with Crippen molar-refractivity contribution in [3.05, 3.63) is 96.1 Å². The van der Waals surface area contributed by atoms with Gasteiger partial charge in [0.05, 0.1) is 5.56 Å². The maximum atomic E-state index is 12.4. The summed E-state index contributed by atoms with van der Waals surface area (Å²) in [5.41, 5.74) is 2.48. The Morgan fingerprint density at radius 1 is 0.844 bits per heavy atom. The molecule has 4 aromatic carbocycles. The van der Waals surface area contributed by atoms with Crippen molar-refractivity contribution in [2.45, 2.75) is 13.0 Å². The number of alkyl halides is 3. The molecular formula is C25H17F3O4. The molecule has 0 unspecified atom stereocenters. The van der Waals surface area contributed by atoms with Gasteiger partial charge in [-0.2, -0.15) is 0 Å². The lowest BCUT2D eigenvalue weighted by molar-refractivity contribution is -0.274. The van der Waals surface area contributed by atoms with Crippen molar-refractivity contribution in [2.75, 3.05) is 0 Å². The average molecular weight is 438 g/mol. The number of benzene rings is 4. The summed E-state index contributed by atoms with van der Waals surface area (Å²) in [6.45, 7) is 0.228. The first-order chi connectivity index (χ1) is 15.3. The summed E-state index contributed by atoms with van der Waals surface area (Å²) >= 11 is 0. The van der Waals surface area contributed by atoms with Gasteiger partial charge in [0.1, 0.15) is 18.1 Å². The Labute approximate surface area is 181 Å². The zero-order chi connectivity index (χ0) is 22.7. The Morgan fingerprint density at radius 2 is 1.53 bits per heavy atom. The largest absolute Gasteiger partial charge is 0.573 e. The van der Waals surface area contributed by atoms with Crippen LogP contribution in [0.3, 0.4) is 0 Å². The summed E-state index contributed by atoms with van der Waals surface area (Å²) in [4.78, 5) is 11.0. The molecule has 0 aliphatic rings. The highest BCUT2D eigenvalue weighted by Gasteiger charge is 2.31. The van der Waals surface area contributed by atoms with E-state index in [9.17, 15) is 18.0 Å². The van der Waals surface area contributed by atoms with Crippen molar-refractivity contribution in [1.29, 1.82) is 0 Å². The minimum absolute atomic E-state index is 0.194. The van der Waals surface area contributed by atoms with Gasteiger partial charge in [0, 0.05) is 5.39 Å². The van der Waals surface area contributed by atoms with E-state index in [4.69, 9.17) is 9.84 Å². The number of carboxylic acids is 1. The SMILES string of the molecule is O=C(O)c1ccc(COc2cc(-c3ccc(OC(F)(F)F)cc3)cc3ccccc23)cc1. The van der Waals surface area contributed by atoms with Crippen molar-refractivity contribution in [3.8, 4) is 22.6 Å². The number of carbonyl (C=O) groups is 1. The van der Waals surface area contributed by atoms with Gasteiger partial charge >= 0.3 is 12.3 Å². The molecule has 0 fully saturated rings. The lowest BCUT2D eigenvalue weighted by Crippen LogP contribution is -2.16. The smallest absolute Gasteiger partial charge is 0.488 e. The molecular weight excluding hydrogens is 421 g/mol. The lowest BCUT2D eigenvalue weighted by atomic mass is 10.0. The fraction of sp³-hybridized carbons (Fsp3) is 0.0800. The number of hydrogen-bond acceptors (Lipinski definition) is 3. The number of halogens is 3. The second kappa shape index (κ2) is 8.63. The van der Waals surface area contributed by atoms with E-state index in [-0.39, 0.29) is 17.9 Å². The van der Waals surface area contributed by atoms with Gasteiger partial charge in [-0.15, -0.1) is 13.2 Å². The number of ether oxygens (including phenoxy) is 2. The molecule has 0 saturated heterocycles. The number of carboxylic acid groups (broad SMARTS) is 1. The van der Waals surface area contributed by atoms with Crippen LogP contribution in [0, 0.1) is 0 Å². The van der Waals surface area contributed by atoms with E-state index in [2.05, 4.69) is 4.74 Å². The summed E-state index contributed by atoms with van der Waals surface area (Å²) < 4.78 is 47.2. The molecule has 0 saturated carbocycles. The van der Waals surface area contributed by atoms with Crippen LogP contribution in [0.15, 0.2) is 84.9 Å². The first-order valence-electron chi connectivity index (χ1n) is 9.62. The molecule has 32 heavy (non-hydrogen) atoms. The van der Waals surface area contributed by atoms with E-state index in [1.54, 1.807) is 24.3 Å². The quantitative estimate of drug-likeness (QED) is 0.365. The second-order valence-electron chi connectivity index (χ2n) is 7.06. The normalized spacial score (nSPS) is 11.3. The highest BCUT2D eigenvalue weighted by molar-refractivity contribution is 5.92. The van der Waals surface area contributed by atoms with E-state index in [1.165, 1.54) is 24.3 Å². The molecule has 7 heteroatoms. The highest BCUT2D eigenvalue weighted by atomic mass is 19.4. The van der Waals surface area contributed by atoms with Gasteiger partial charge in [0.15, 0.2) is 0 Å². The number of aromatic carboxylic acids is 1. The Morgan fingerprint density at radius 3 is 2.19 bits per heavy atom. The van der Waals surface area contributed by atoms with Crippen LogP contribution in [0.2, 0.25) is 0 Å². The summed E-state index contributed by atoms with van der Waals surface area (Å²) in [5.74, 6) is -0.679. The Bertz CT molecular complexity index is 1250. The van der Waals surface area contributed by atoms with Crippen LogP contribution in [0.4, 0.5) is 13.2 Å². The van der Waals surface area contributed by atoms with Crippen LogP contribution in [0.5, 0.6) is 11.5 Å². The summed E-state index contributed by atoms with van der Waals surface area (Å²) in [6.07, 6.45) is -4.74. The maximum absolute atomic E-state index is 12.4. The van der Waals surface area contributed by atoms with Crippen LogP contribution in [0.25, 0.3) is 21.9 Å². The third kappa shape index (κ3) is 5.00. The Balaban J connectivity index is 1.62. The average Bonchev–Trinajstić information content (AvgIpc) is 2.77. The van der Waals surface area contributed by atoms with Crippen molar-refractivity contribution in [3.63, 3.8) is 0 Å².